The molecule has 0 atom stereocenters. The molecule has 0 saturated heterocycles. The fourth-order valence-corrected chi connectivity index (χ4v) is 2.21. The highest BCUT2D eigenvalue weighted by Gasteiger charge is 2.19. The van der Waals surface area contributed by atoms with Crippen LogP contribution in [-0.2, 0) is 12.1 Å². The normalized spacial score (nSPS) is 11.7. The van der Waals surface area contributed by atoms with Gasteiger partial charge in [-0.2, -0.15) is 4.80 Å². The first-order valence-corrected chi connectivity index (χ1v) is 7.45. The molecule has 0 aliphatic carbocycles. The van der Waals surface area contributed by atoms with Gasteiger partial charge in [-0.3, -0.25) is 4.98 Å². The second-order valence-electron chi connectivity index (χ2n) is 6.32. The van der Waals surface area contributed by atoms with Crippen molar-refractivity contribution >= 4 is 0 Å². The van der Waals surface area contributed by atoms with Gasteiger partial charge in [0.15, 0.2) is 0 Å². The molecule has 1 N–H and O–H groups in total. The smallest absolute Gasteiger partial charge is 0.205 e. The standard InChI is InChI=1S/C17H19N5O/c1-17(2,3)22-20-16(19-21-22)15-7-5-4-6-14(15)12-8-9-13(11-23)18-10-12/h4-10,23H,11H2,1-3H3. The summed E-state index contributed by atoms with van der Waals surface area (Å²) in [5.41, 5.74) is 3.26. The van der Waals surface area contributed by atoms with Gasteiger partial charge in [0.05, 0.1) is 17.8 Å². The Hall–Kier alpha value is -2.60. The number of nitrogens with zero attached hydrogens (tertiary/aromatic N) is 5. The highest BCUT2D eigenvalue weighted by Crippen LogP contribution is 2.29. The van der Waals surface area contributed by atoms with Gasteiger partial charge < -0.3 is 5.11 Å². The molecule has 3 aromatic rings. The van der Waals surface area contributed by atoms with E-state index in [2.05, 4.69) is 20.4 Å². The van der Waals surface area contributed by atoms with E-state index in [4.69, 9.17) is 5.11 Å². The molecule has 6 nitrogen and oxygen atoms in total. The average Bonchev–Trinajstić information content (AvgIpc) is 3.05. The van der Waals surface area contributed by atoms with Crippen molar-refractivity contribution in [1.82, 2.24) is 25.2 Å². The topological polar surface area (TPSA) is 76.7 Å². The lowest BCUT2D eigenvalue weighted by Gasteiger charge is -2.15. The minimum Gasteiger partial charge on any atom is -0.390 e. The van der Waals surface area contributed by atoms with Gasteiger partial charge in [-0.1, -0.05) is 30.3 Å². The summed E-state index contributed by atoms with van der Waals surface area (Å²) in [6.07, 6.45) is 1.75. The van der Waals surface area contributed by atoms with Gasteiger partial charge in [-0.15, -0.1) is 10.2 Å². The van der Waals surface area contributed by atoms with Gasteiger partial charge in [0.1, 0.15) is 0 Å². The van der Waals surface area contributed by atoms with Crippen molar-refractivity contribution in [3.63, 3.8) is 0 Å². The van der Waals surface area contributed by atoms with Crippen molar-refractivity contribution in [2.24, 2.45) is 0 Å². The largest absolute Gasteiger partial charge is 0.390 e. The van der Waals surface area contributed by atoms with Gasteiger partial charge in [0, 0.05) is 17.3 Å². The van der Waals surface area contributed by atoms with E-state index in [9.17, 15) is 0 Å². The lowest BCUT2D eigenvalue weighted by atomic mass is 10.0. The SMILES string of the molecule is CC(C)(C)n1nnc(-c2ccccc2-c2ccc(CO)nc2)n1. The van der Waals surface area contributed by atoms with E-state index in [1.165, 1.54) is 0 Å². The number of pyridine rings is 1. The first-order valence-electron chi connectivity index (χ1n) is 7.45. The number of aromatic nitrogens is 5. The predicted molar refractivity (Wildman–Crippen MR) is 87.4 cm³/mol. The van der Waals surface area contributed by atoms with E-state index in [0.717, 1.165) is 16.7 Å². The zero-order chi connectivity index (χ0) is 16.4. The second kappa shape index (κ2) is 5.89. The first kappa shape index (κ1) is 15.3. The van der Waals surface area contributed by atoms with Crippen molar-refractivity contribution in [3.8, 4) is 22.5 Å². The minimum absolute atomic E-state index is 0.0661. The Kier molecular flexibility index (Phi) is 3.92. The summed E-state index contributed by atoms with van der Waals surface area (Å²) >= 11 is 0. The lowest BCUT2D eigenvalue weighted by Crippen LogP contribution is -2.24. The third-order valence-electron chi connectivity index (χ3n) is 3.48. The molecule has 0 bridgehead atoms. The van der Waals surface area contributed by atoms with Gasteiger partial charge >= 0.3 is 0 Å². The molecule has 23 heavy (non-hydrogen) atoms. The Bertz CT molecular complexity index is 802. The molecule has 2 heterocycles. The van der Waals surface area contributed by atoms with Crippen LogP contribution in [0.3, 0.4) is 0 Å². The van der Waals surface area contributed by atoms with Gasteiger partial charge in [0.2, 0.25) is 5.82 Å². The minimum atomic E-state index is -0.218. The molecule has 0 amide bonds. The summed E-state index contributed by atoms with van der Waals surface area (Å²) in [6.45, 7) is 6.02. The van der Waals surface area contributed by atoms with Crippen LogP contribution in [0.15, 0.2) is 42.6 Å². The van der Waals surface area contributed by atoms with E-state index in [1.54, 1.807) is 11.0 Å². The molecule has 0 radical (unpaired) electrons. The molecule has 0 spiro atoms. The number of aliphatic hydroxyl groups excluding tert-OH is 1. The Balaban J connectivity index is 2.05. The van der Waals surface area contributed by atoms with Gasteiger partial charge in [-0.25, -0.2) is 0 Å². The average molecular weight is 309 g/mol. The van der Waals surface area contributed by atoms with Crippen molar-refractivity contribution < 1.29 is 5.11 Å². The molecule has 118 valence electrons. The molecule has 0 unspecified atom stereocenters. The van der Waals surface area contributed by atoms with Crippen LogP contribution in [0.1, 0.15) is 26.5 Å². The van der Waals surface area contributed by atoms with Crippen LogP contribution < -0.4 is 0 Å². The molecule has 6 heteroatoms. The summed E-state index contributed by atoms with van der Waals surface area (Å²) in [7, 11) is 0. The number of hydrogen-bond donors (Lipinski definition) is 1. The van der Waals surface area contributed by atoms with E-state index >= 15 is 0 Å². The zero-order valence-corrected chi connectivity index (χ0v) is 13.4. The molecule has 0 fully saturated rings. The van der Waals surface area contributed by atoms with Crippen LogP contribution in [0.5, 0.6) is 0 Å². The molecule has 1 aromatic carbocycles. The van der Waals surface area contributed by atoms with E-state index < -0.39 is 0 Å². The van der Waals surface area contributed by atoms with Crippen LogP contribution in [-0.4, -0.2) is 30.3 Å². The van der Waals surface area contributed by atoms with E-state index in [0.29, 0.717) is 11.5 Å². The Morgan fingerprint density at radius 1 is 1.04 bits per heavy atom. The molecule has 2 aromatic heterocycles. The van der Waals surface area contributed by atoms with Crippen LogP contribution in [0.4, 0.5) is 0 Å². The molecule has 0 saturated carbocycles. The fraction of sp³-hybridized carbons (Fsp3) is 0.294. The van der Waals surface area contributed by atoms with Crippen LogP contribution in [0.2, 0.25) is 0 Å². The van der Waals surface area contributed by atoms with Crippen molar-refractivity contribution in [1.29, 1.82) is 0 Å². The maximum absolute atomic E-state index is 9.12. The number of rotatable bonds is 3. The van der Waals surface area contributed by atoms with Crippen LogP contribution in [0.25, 0.3) is 22.5 Å². The summed E-state index contributed by atoms with van der Waals surface area (Å²) in [5.74, 6) is 0.585. The van der Waals surface area contributed by atoms with Crippen molar-refractivity contribution in [2.45, 2.75) is 32.9 Å². The Labute approximate surface area is 134 Å². The molecule has 3 rings (SSSR count). The van der Waals surface area contributed by atoms with Crippen molar-refractivity contribution in [3.05, 3.63) is 48.3 Å². The zero-order valence-electron chi connectivity index (χ0n) is 13.4. The van der Waals surface area contributed by atoms with Gasteiger partial charge in [0.25, 0.3) is 0 Å². The quantitative estimate of drug-likeness (QED) is 0.805. The fourth-order valence-electron chi connectivity index (χ4n) is 2.21. The van der Waals surface area contributed by atoms with Crippen LogP contribution in [0, 0.1) is 0 Å². The maximum Gasteiger partial charge on any atom is 0.205 e. The Morgan fingerprint density at radius 2 is 1.78 bits per heavy atom. The molecule has 0 aliphatic heterocycles. The van der Waals surface area contributed by atoms with Gasteiger partial charge in [-0.05, 0) is 37.6 Å². The molecule has 0 aliphatic rings. The van der Waals surface area contributed by atoms with Crippen molar-refractivity contribution in [2.75, 3.05) is 0 Å². The molecular formula is C17H19N5O. The number of tetrazole rings is 1. The summed E-state index contributed by atoms with van der Waals surface area (Å²) in [6, 6.07) is 11.6. The highest BCUT2D eigenvalue weighted by atomic mass is 16.3. The maximum atomic E-state index is 9.12. The predicted octanol–water partition coefficient (Wildman–Crippen LogP) is 2.65. The monoisotopic (exact) mass is 309 g/mol. The number of benzene rings is 1. The number of hydrogen-bond acceptors (Lipinski definition) is 5. The Morgan fingerprint density at radius 3 is 2.35 bits per heavy atom. The van der Waals surface area contributed by atoms with Crippen LogP contribution >= 0.6 is 0 Å². The summed E-state index contributed by atoms with van der Waals surface area (Å²) < 4.78 is 0. The highest BCUT2D eigenvalue weighted by molar-refractivity contribution is 5.79. The third-order valence-corrected chi connectivity index (χ3v) is 3.48. The summed E-state index contributed by atoms with van der Waals surface area (Å²) in [5, 5.41) is 22.0. The summed E-state index contributed by atoms with van der Waals surface area (Å²) in [4.78, 5) is 5.86. The first-order chi connectivity index (χ1) is 11.0. The molecular weight excluding hydrogens is 290 g/mol. The number of aliphatic hydroxyl groups is 1. The van der Waals surface area contributed by atoms with E-state index in [1.807, 2.05) is 57.2 Å². The lowest BCUT2D eigenvalue weighted by molar-refractivity contribution is 0.277. The van der Waals surface area contributed by atoms with E-state index in [-0.39, 0.29) is 12.1 Å². The third kappa shape index (κ3) is 3.12. The second-order valence-corrected chi connectivity index (χ2v) is 6.32.